The molecular weight excluding hydrogens is 498 g/mol. The summed E-state index contributed by atoms with van der Waals surface area (Å²) in [5, 5.41) is 3.50. The second kappa shape index (κ2) is 12.6. The Hall–Kier alpha value is -2.58. The summed E-state index contributed by atoms with van der Waals surface area (Å²) < 4.78 is 26.1. The fourth-order valence-electron chi connectivity index (χ4n) is 3.99. The predicted octanol–water partition coefficient (Wildman–Crippen LogP) is 4.92. The molecule has 0 heterocycles. The van der Waals surface area contributed by atoms with Gasteiger partial charge in [0.1, 0.15) is 6.04 Å². The minimum Gasteiger partial charge on any atom is -0.350 e. The SMILES string of the molecule is CC[C@@H](C(=O)NC(C)(C)C)N(Cc1cccc(C)c1)C(=O)CCCN(c1ccc(Cl)cc1)S(C)(=O)=O. The molecule has 0 aliphatic heterocycles. The maximum Gasteiger partial charge on any atom is 0.243 e. The first-order chi connectivity index (χ1) is 16.7. The summed E-state index contributed by atoms with van der Waals surface area (Å²) in [4.78, 5) is 28.2. The summed E-state index contributed by atoms with van der Waals surface area (Å²) in [6, 6.07) is 13.7. The first-order valence-corrected chi connectivity index (χ1v) is 14.3. The van der Waals surface area contributed by atoms with Gasteiger partial charge < -0.3 is 10.2 Å². The number of nitrogens with one attached hydrogen (secondary N) is 1. The third-order valence-electron chi connectivity index (χ3n) is 5.59. The second-order valence-electron chi connectivity index (χ2n) is 10.1. The lowest BCUT2D eigenvalue weighted by Gasteiger charge is -2.33. The zero-order valence-electron chi connectivity index (χ0n) is 22.0. The van der Waals surface area contributed by atoms with Gasteiger partial charge in [-0.1, -0.05) is 48.4 Å². The van der Waals surface area contributed by atoms with Gasteiger partial charge in [-0.25, -0.2) is 8.42 Å². The lowest BCUT2D eigenvalue weighted by Crippen LogP contribution is -2.53. The van der Waals surface area contributed by atoms with Crippen molar-refractivity contribution in [1.29, 1.82) is 0 Å². The maximum absolute atomic E-state index is 13.5. The summed E-state index contributed by atoms with van der Waals surface area (Å²) >= 11 is 5.95. The quantitative estimate of drug-likeness (QED) is 0.442. The molecule has 0 saturated heterocycles. The molecule has 0 saturated carbocycles. The standard InChI is InChI=1S/C27H38ClN3O4S/c1-7-24(26(33)29-27(3,4)5)30(19-21-11-8-10-20(2)18-21)25(32)12-9-17-31(36(6,34)35)23-15-13-22(28)14-16-23/h8,10-11,13-16,18,24H,7,9,12,17,19H2,1-6H3,(H,29,33)/t24-/m0/s1. The van der Waals surface area contributed by atoms with Gasteiger partial charge in [0.2, 0.25) is 21.8 Å². The number of hydrogen-bond acceptors (Lipinski definition) is 4. The molecule has 0 bridgehead atoms. The number of aryl methyl sites for hydroxylation is 1. The van der Waals surface area contributed by atoms with E-state index in [1.165, 1.54) is 4.31 Å². The van der Waals surface area contributed by atoms with E-state index in [0.29, 0.717) is 30.1 Å². The molecule has 0 radical (unpaired) electrons. The Bertz CT molecular complexity index is 1140. The zero-order valence-corrected chi connectivity index (χ0v) is 23.6. The summed E-state index contributed by atoms with van der Waals surface area (Å²) in [5.41, 5.74) is 2.06. The number of benzene rings is 2. The molecule has 0 spiro atoms. The largest absolute Gasteiger partial charge is 0.350 e. The Morgan fingerprint density at radius 1 is 1.08 bits per heavy atom. The lowest BCUT2D eigenvalue weighted by atomic mass is 10.0. The number of sulfonamides is 1. The summed E-state index contributed by atoms with van der Waals surface area (Å²) in [7, 11) is -3.56. The molecule has 0 aromatic heterocycles. The number of nitrogens with zero attached hydrogens (tertiary/aromatic N) is 2. The van der Waals surface area contributed by atoms with E-state index in [9.17, 15) is 18.0 Å². The van der Waals surface area contributed by atoms with E-state index >= 15 is 0 Å². The van der Waals surface area contributed by atoms with E-state index in [4.69, 9.17) is 11.6 Å². The fourth-order valence-corrected chi connectivity index (χ4v) is 5.08. The third kappa shape index (κ3) is 9.13. The number of halogens is 1. The lowest BCUT2D eigenvalue weighted by molar-refractivity contribution is -0.142. The van der Waals surface area contributed by atoms with Crippen molar-refractivity contribution >= 4 is 39.1 Å². The van der Waals surface area contributed by atoms with Crippen molar-refractivity contribution in [2.24, 2.45) is 0 Å². The van der Waals surface area contributed by atoms with Crippen LogP contribution in [0.5, 0.6) is 0 Å². The van der Waals surface area contributed by atoms with E-state index in [0.717, 1.165) is 17.4 Å². The van der Waals surface area contributed by atoms with Crippen molar-refractivity contribution in [3.8, 4) is 0 Å². The van der Waals surface area contributed by atoms with Gasteiger partial charge in [0.25, 0.3) is 0 Å². The molecule has 2 aromatic rings. The van der Waals surface area contributed by atoms with Gasteiger partial charge in [0.15, 0.2) is 0 Å². The number of rotatable bonds is 11. The summed E-state index contributed by atoms with van der Waals surface area (Å²) in [6.07, 6.45) is 2.00. The Morgan fingerprint density at radius 3 is 2.25 bits per heavy atom. The minimum absolute atomic E-state index is 0.102. The molecule has 2 rings (SSSR count). The molecular formula is C27H38ClN3O4S. The van der Waals surface area contributed by atoms with Gasteiger partial charge >= 0.3 is 0 Å². The molecule has 2 amide bonds. The van der Waals surface area contributed by atoms with Crippen molar-refractivity contribution < 1.29 is 18.0 Å². The van der Waals surface area contributed by atoms with E-state index in [2.05, 4.69) is 5.32 Å². The molecule has 0 fully saturated rings. The molecule has 36 heavy (non-hydrogen) atoms. The van der Waals surface area contributed by atoms with Crippen LogP contribution in [-0.2, 0) is 26.2 Å². The molecule has 198 valence electrons. The van der Waals surface area contributed by atoms with Crippen molar-refractivity contribution in [3.63, 3.8) is 0 Å². The third-order valence-corrected chi connectivity index (χ3v) is 7.03. The van der Waals surface area contributed by atoms with Crippen LogP contribution in [0.2, 0.25) is 5.02 Å². The molecule has 2 aromatic carbocycles. The van der Waals surface area contributed by atoms with E-state index in [-0.39, 0.29) is 24.8 Å². The summed E-state index contributed by atoms with van der Waals surface area (Å²) in [5.74, 6) is -0.401. The molecule has 0 aliphatic rings. The average Bonchev–Trinajstić information content (AvgIpc) is 2.75. The normalized spacial score (nSPS) is 12.6. The van der Waals surface area contributed by atoms with Crippen LogP contribution in [0.3, 0.4) is 0 Å². The topological polar surface area (TPSA) is 86.8 Å². The highest BCUT2D eigenvalue weighted by molar-refractivity contribution is 7.92. The predicted molar refractivity (Wildman–Crippen MR) is 147 cm³/mol. The van der Waals surface area contributed by atoms with Crippen LogP contribution in [0.15, 0.2) is 48.5 Å². The monoisotopic (exact) mass is 535 g/mol. The number of amides is 2. The second-order valence-corrected chi connectivity index (χ2v) is 12.4. The number of hydrogen-bond donors (Lipinski definition) is 1. The van der Waals surface area contributed by atoms with Gasteiger partial charge in [-0.2, -0.15) is 0 Å². The van der Waals surface area contributed by atoms with Gasteiger partial charge in [0, 0.05) is 30.1 Å². The van der Waals surface area contributed by atoms with Gasteiger partial charge in [-0.15, -0.1) is 0 Å². The van der Waals surface area contributed by atoms with Crippen LogP contribution in [0.1, 0.15) is 58.1 Å². The highest BCUT2D eigenvalue weighted by Crippen LogP contribution is 2.22. The molecule has 0 aliphatic carbocycles. The van der Waals surface area contributed by atoms with Crippen LogP contribution in [0.4, 0.5) is 5.69 Å². The van der Waals surface area contributed by atoms with Crippen LogP contribution in [0, 0.1) is 6.92 Å². The van der Waals surface area contributed by atoms with E-state index < -0.39 is 21.6 Å². The van der Waals surface area contributed by atoms with Crippen LogP contribution in [0.25, 0.3) is 0 Å². The van der Waals surface area contributed by atoms with Gasteiger partial charge in [0.05, 0.1) is 11.9 Å². The van der Waals surface area contributed by atoms with E-state index in [1.54, 1.807) is 29.2 Å². The maximum atomic E-state index is 13.5. The van der Waals surface area contributed by atoms with E-state index in [1.807, 2.05) is 58.9 Å². The smallest absolute Gasteiger partial charge is 0.243 e. The number of carbonyl (C=O) groups is 2. The Balaban J connectivity index is 2.23. The Morgan fingerprint density at radius 2 is 1.72 bits per heavy atom. The highest BCUT2D eigenvalue weighted by Gasteiger charge is 2.30. The molecule has 7 nitrogen and oxygen atoms in total. The Labute approximate surface area is 220 Å². The first-order valence-electron chi connectivity index (χ1n) is 12.1. The highest BCUT2D eigenvalue weighted by atomic mass is 35.5. The molecule has 1 atom stereocenters. The fraction of sp³-hybridized carbons (Fsp3) is 0.481. The van der Waals surface area contributed by atoms with Gasteiger partial charge in [-0.05, 0) is 70.4 Å². The number of carbonyl (C=O) groups excluding carboxylic acids is 2. The molecule has 1 N–H and O–H groups in total. The minimum atomic E-state index is -3.56. The van der Waals surface area contributed by atoms with Crippen LogP contribution >= 0.6 is 11.6 Å². The molecule has 9 heteroatoms. The van der Waals surface area contributed by atoms with Crippen molar-refractivity contribution in [1.82, 2.24) is 10.2 Å². The molecule has 0 unspecified atom stereocenters. The number of anilines is 1. The Kier molecular flexibility index (Phi) is 10.4. The first kappa shape index (κ1) is 29.6. The van der Waals surface area contributed by atoms with Crippen molar-refractivity contribution in [2.75, 3.05) is 17.1 Å². The average molecular weight is 536 g/mol. The van der Waals surface area contributed by atoms with Crippen molar-refractivity contribution in [3.05, 3.63) is 64.7 Å². The van der Waals surface area contributed by atoms with Crippen molar-refractivity contribution in [2.45, 2.75) is 72.0 Å². The van der Waals surface area contributed by atoms with Crippen LogP contribution in [-0.4, -0.2) is 49.5 Å². The van der Waals surface area contributed by atoms with Gasteiger partial charge in [-0.3, -0.25) is 13.9 Å². The zero-order chi connectivity index (χ0) is 27.1. The summed E-state index contributed by atoms with van der Waals surface area (Å²) in [6.45, 7) is 10.0. The van der Waals surface area contributed by atoms with Crippen LogP contribution < -0.4 is 9.62 Å².